The van der Waals surface area contributed by atoms with Crippen LogP contribution in [0.25, 0.3) is 0 Å². The van der Waals surface area contributed by atoms with Gasteiger partial charge in [-0.15, -0.1) is 0 Å². The van der Waals surface area contributed by atoms with Crippen LogP contribution in [-0.2, 0) is 24.8 Å². The molecule has 0 heterocycles. The molecule has 0 radical (unpaired) electrons. The Labute approximate surface area is 101 Å². The Balaban J connectivity index is 2.75. The van der Waals surface area contributed by atoms with E-state index < -0.39 is 13.3 Å². The molecule has 4 nitrogen and oxygen atoms in total. The van der Waals surface area contributed by atoms with Gasteiger partial charge in [0.1, 0.15) is 5.66 Å². The van der Waals surface area contributed by atoms with E-state index in [1.807, 2.05) is 30.3 Å². The van der Waals surface area contributed by atoms with E-state index in [4.69, 9.17) is 9.05 Å². The minimum absolute atomic E-state index is 0.150. The van der Waals surface area contributed by atoms with E-state index in [0.717, 1.165) is 5.56 Å². The van der Waals surface area contributed by atoms with Crippen molar-refractivity contribution >= 4 is 13.4 Å². The number of ketones is 1. The summed E-state index contributed by atoms with van der Waals surface area (Å²) in [6.45, 7) is 1.57. The van der Waals surface area contributed by atoms with Crippen molar-refractivity contribution in [3.05, 3.63) is 35.9 Å². The van der Waals surface area contributed by atoms with Crippen LogP contribution >= 0.6 is 7.60 Å². The number of hydrogen-bond acceptors (Lipinski definition) is 4. The molecule has 0 aliphatic heterocycles. The molecule has 1 unspecified atom stereocenters. The van der Waals surface area contributed by atoms with E-state index in [1.165, 1.54) is 14.2 Å². The van der Waals surface area contributed by atoms with Gasteiger partial charge in [-0.25, -0.2) is 0 Å². The summed E-state index contributed by atoms with van der Waals surface area (Å²) in [5.41, 5.74) is 0.140. The molecule has 1 aromatic rings. The van der Waals surface area contributed by atoms with E-state index in [2.05, 4.69) is 0 Å². The smallest absolute Gasteiger partial charge is 0.311 e. The van der Waals surface area contributed by atoms with Crippen LogP contribution in [0.2, 0.25) is 0 Å². The van der Waals surface area contributed by atoms with E-state index in [1.54, 1.807) is 6.92 Å². The third-order valence-electron chi connectivity index (χ3n) is 2.67. The van der Waals surface area contributed by atoms with Crippen LogP contribution in [0.5, 0.6) is 0 Å². The fourth-order valence-electron chi connectivity index (χ4n) is 1.51. The first kappa shape index (κ1) is 14.1. The maximum Gasteiger partial charge on any atom is 0.340 e. The topological polar surface area (TPSA) is 52.6 Å². The zero-order chi connectivity index (χ0) is 12.9. The second kappa shape index (κ2) is 6.10. The number of carbonyl (C=O) groups excluding carboxylic acids is 1. The summed E-state index contributed by atoms with van der Waals surface area (Å²) in [4.78, 5) is 11.9. The van der Waals surface area contributed by atoms with Gasteiger partial charge in [0.05, 0.1) is 0 Å². The van der Waals surface area contributed by atoms with Crippen LogP contribution in [-0.4, -0.2) is 25.7 Å². The summed E-state index contributed by atoms with van der Waals surface area (Å²) >= 11 is 0. The lowest BCUT2D eigenvalue weighted by molar-refractivity contribution is -0.118. The Morgan fingerprint density at radius 3 is 2.24 bits per heavy atom. The Morgan fingerprint density at radius 2 is 1.76 bits per heavy atom. The lowest BCUT2D eigenvalue weighted by Gasteiger charge is -2.19. The Bertz CT molecular complexity index is 408. The Hall–Kier alpha value is -0.960. The molecule has 0 N–H and O–H groups in total. The average molecular weight is 256 g/mol. The molecule has 0 aliphatic carbocycles. The van der Waals surface area contributed by atoms with Crippen molar-refractivity contribution in [3.8, 4) is 0 Å². The molecule has 1 rings (SSSR count). The van der Waals surface area contributed by atoms with Gasteiger partial charge >= 0.3 is 7.60 Å². The van der Waals surface area contributed by atoms with E-state index in [-0.39, 0.29) is 12.2 Å². The molecule has 1 atom stereocenters. The van der Waals surface area contributed by atoms with Crippen LogP contribution in [0.4, 0.5) is 0 Å². The molecule has 0 fully saturated rings. The first-order valence-electron chi connectivity index (χ1n) is 5.31. The summed E-state index contributed by atoms with van der Waals surface area (Å²) in [5.74, 6) is -0.150. The van der Waals surface area contributed by atoms with Crippen molar-refractivity contribution in [2.75, 3.05) is 14.2 Å². The van der Waals surface area contributed by atoms with Crippen LogP contribution < -0.4 is 0 Å². The summed E-state index contributed by atoms with van der Waals surface area (Å²) in [6, 6.07) is 9.32. The SMILES string of the molecule is COP(=O)(OC)C(C)C(=O)Cc1ccccc1. The standard InChI is InChI=1S/C12H17O4P/c1-10(17(14,15-2)16-3)12(13)9-11-7-5-4-6-8-11/h4-8,10H,9H2,1-3H3. The fraction of sp³-hybridized carbons (Fsp3) is 0.417. The van der Waals surface area contributed by atoms with E-state index in [0.29, 0.717) is 0 Å². The zero-order valence-corrected chi connectivity index (χ0v) is 11.1. The molecule has 0 bridgehead atoms. The van der Waals surface area contributed by atoms with Gasteiger partial charge in [0.2, 0.25) is 0 Å². The van der Waals surface area contributed by atoms with Gasteiger partial charge < -0.3 is 9.05 Å². The monoisotopic (exact) mass is 256 g/mol. The highest BCUT2D eigenvalue weighted by Gasteiger charge is 2.35. The number of benzene rings is 1. The zero-order valence-electron chi connectivity index (χ0n) is 10.3. The molecule has 0 amide bonds. The number of hydrogen-bond donors (Lipinski definition) is 0. The predicted molar refractivity (Wildman–Crippen MR) is 66.2 cm³/mol. The van der Waals surface area contributed by atoms with Crippen molar-refractivity contribution in [3.63, 3.8) is 0 Å². The number of carbonyl (C=O) groups is 1. The van der Waals surface area contributed by atoms with Crippen molar-refractivity contribution in [1.82, 2.24) is 0 Å². The molecule has 0 aromatic heterocycles. The van der Waals surface area contributed by atoms with Crippen LogP contribution in [0.3, 0.4) is 0 Å². The molecule has 94 valence electrons. The average Bonchev–Trinajstić information content (AvgIpc) is 2.38. The molecule has 0 saturated heterocycles. The van der Waals surface area contributed by atoms with Gasteiger partial charge in [-0.3, -0.25) is 9.36 Å². The molecule has 1 aromatic carbocycles. The van der Waals surface area contributed by atoms with Crippen molar-refractivity contribution < 1.29 is 18.4 Å². The van der Waals surface area contributed by atoms with Crippen LogP contribution in [0.1, 0.15) is 12.5 Å². The largest absolute Gasteiger partial charge is 0.340 e. The quantitative estimate of drug-likeness (QED) is 0.734. The third-order valence-corrected chi connectivity index (χ3v) is 4.93. The Morgan fingerprint density at radius 1 is 1.24 bits per heavy atom. The van der Waals surface area contributed by atoms with Gasteiger partial charge in [-0.05, 0) is 12.5 Å². The van der Waals surface area contributed by atoms with Crippen molar-refractivity contribution in [1.29, 1.82) is 0 Å². The molecule has 0 spiro atoms. The lowest BCUT2D eigenvalue weighted by atomic mass is 10.1. The first-order chi connectivity index (χ1) is 8.03. The Kier molecular flexibility index (Phi) is 5.06. The van der Waals surface area contributed by atoms with Crippen molar-refractivity contribution in [2.45, 2.75) is 19.0 Å². The van der Waals surface area contributed by atoms with Gasteiger partial charge in [-0.2, -0.15) is 0 Å². The molecule has 17 heavy (non-hydrogen) atoms. The first-order valence-corrected chi connectivity index (χ1v) is 6.92. The van der Waals surface area contributed by atoms with E-state index in [9.17, 15) is 9.36 Å². The maximum absolute atomic E-state index is 12.0. The van der Waals surface area contributed by atoms with Crippen LogP contribution in [0.15, 0.2) is 30.3 Å². The summed E-state index contributed by atoms with van der Waals surface area (Å²) in [7, 11) is -0.738. The highest BCUT2D eigenvalue weighted by Crippen LogP contribution is 2.51. The fourth-order valence-corrected chi connectivity index (χ4v) is 2.74. The lowest BCUT2D eigenvalue weighted by Crippen LogP contribution is -2.21. The normalized spacial score (nSPS) is 13.4. The van der Waals surface area contributed by atoms with Gasteiger partial charge in [0.25, 0.3) is 0 Å². The molecular formula is C12H17O4P. The van der Waals surface area contributed by atoms with Gasteiger partial charge in [0, 0.05) is 20.6 Å². The highest BCUT2D eigenvalue weighted by molar-refractivity contribution is 7.55. The molecular weight excluding hydrogens is 239 g/mol. The second-order valence-electron chi connectivity index (χ2n) is 3.71. The van der Waals surface area contributed by atoms with Gasteiger partial charge in [0.15, 0.2) is 5.78 Å². The minimum Gasteiger partial charge on any atom is -0.311 e. The molecule has 5 heteroatoms. The third kappa shape index (κ3) is 3.50. The number of Topliss-reactive ketones (excluding diaryl/α,β-unsaturated/α-hetero) is 1. The maximum atomic E-state index is 12.0. The van der Waals surface area contributed by atoms with E-state index >= 15 is 0 Å². The summed E-state index contributed by atoms with van der Waals surface area (Å²) < 4.78 is 21.7. The predicted octanol–water partition coefficient (Wildman–Crippen LogP) is 2.67. The minimum atomic E-state index is -3.31. The van der Waals surface area contributed by atoms with Crippen molar-refractivity contribution in [2.24, 2.45) is 0 Å². The summed E-state index contributed by atoms with van der Waals surface area (Å²) in [6.07, 6.45) is 0.235. The molecule has 0 saturated carbocycles. The highest BCUT2D eigenvalue weighted by atomic mass is 31.2. The number of rotatable bonds is 6. The van der Waals surface area contributed by atoms with Gasteiger partial charge in [-0.1, -0.05) is 30.3 Å². The van der Waals surface area contributed by atoms with Crippen LogP contribution in [0, 0.1) is 0 Å². The summed E-state index contributed by atoms with van der Waals surface area (Å²) in [5, 5.41) is 0. The molecule has 0 aliphatic rings. The second-order valence-corrected chi connectivity index (χ2v) is 6.29.